The molecule has 5 heterocycles. The van der Waals surface area contributed by atoms with Crippen molar-refractivity contribution in [2.24, 2.45) is 0 Å². The monoisotopic (exact) mass is 892 g/mol. The average Bonchev–Trinajstić information content (AvgIpc) is 4.08. The van der Waals surface area contributed by atoms with Gasteiger partial charge in [0.05, 0.1) is 38.9 Å². The van der Waals surface area contributed by atoms with E-state index in [0.717, 1.165) is 83.8 Å². The fourth-order valence-electron chi connectivity index (χ4n) is 13.0. The zero-order valence-electron chi connectivity index (χ0n) is 37.8. The number of rotatable bonds is 4. The standard InChI is InChI=1S/C65H40N4O/c70-64-68-59-31-25-41(44-23-29-58(67-37-44)57-19-8-9-32-66-57)34-51(59)49-16-10-13-39-20-28-50-52-33-40(24-30-60(52)69(64)63(50)61(39)62(49)68)43-22-27-48-47-26-21-42(38-11-2-1-3-12-38)35-55(47)65(56(48)36-43)53-17-6-4-14-45(53)46-15-5-7-18-54(46)65/h1-31,33-37,39,66H,32H2. The highest BCUT2D eigenvalue weighted by Crippen LogP contribution is 2.63. The molecule has 0 radical (unpaired) electrons. The maximum atomic E-state index is 15.3. The molecule has 5 nitrogen and oxygen atoms in total. The number of nitrogens with one attached hydrogen (secondary N) is 1. The third-order valence-corrected chi connectivity index (χ3v) is 16.0. The van der Waals surface area contributed by atoms with Gasteiger partial charge in [-0.2, -0.15) is 0 Å². The molecule has 0 fully saturated rings. The molecule has 0 saturated carbocycles. The van der Waals surface area contributed by atoms with Gasteiger partial charge >= 0.3 is 5.69 Å². The first-order valence-corrected chi connectivity index (χ1v) is 24.2. The highest BCUT2D eigenvalue weighted by Gasteiger charge is 2.51. The molecule has 1 spiro atoms. The summed E-state index contributed by atoms with van der Waals surface area (Å²) in [6, 6.07) is 60.4. The van der Waals surface area contributed by atoms with Crippen LogP contribution in [0, 0.1) is 0 Å². The van der Waals surface area contributed by atoms with Crippen LogP contribution in [0.3, 0.4) is 0 Å². The minimum absolute atomic E-state index is 0.0200. The van der Waals surface area contributed by atoms with E-state index in [1.807, 2.05) is 15.0 Å². The van der Waals surface area contributed by atoms with Crippen LogP contribution in [0.25, 0.3) is 106 Å². The topological polar surface area (TPSA) is 50.8 Å². The molecule has 5 heteroatoms. The van der Waals surface area contributed by atoms with Gasteiger partial charge in [-0.15, -0.1) is 0 Å². The molecule has 326 valence electrons. The number of fused-ring (bicyclic) bond motifs is 16. The molecule has 16 rings (SSSR count). The maximum absolute atomic E-state index is 15.3. The lowest BCUT2D eigenvalue weighted by atomic mass is 9.70. The Kier molecular flexibility index (Phi) is 7.47. The van der Waals surface area contributed by atoms with E-state index in [-0.39, 0.29) is 11.6 Å². The summed E-state index contributed by atoms with van der Waals surface area (Å²) < 4.78 is 3.96. The van der Waals surface area contributed by atoms with Crippen molar-refractivity contribution in [2.45, 2.75) is 11.3 Å². The molecule has 0 saturated heterocycles. The summed E-state index contributed by atoms with van der Waals surface area (Å²) in [5.74, 6) is 0.0200. The van der Waals surface area contributed by atoms with E-state index < -0.39 is 5.41 Å². The van der Waals surface area contributed by atoms with Crippen LogP contribution in [-0.4, -0.2) is 20.3 Å². The van der Waals surface area contributed by atoms with Crippen LogP contribution in [0.4, 0.5) is 0 Å². The SMILES string of the molecule is O=c1n2c3c(c4cc(-c5ccc6c(c5)C5(c7ccccc7-c7ccccc75)c5cc(-c7ccccc7)ccc5-6)ccc42)C=CC2C=CC=c4c5cc(-c6ccc(C7=CC=CCN7)nc6)ccc5n1c4c32. The van der Waals surface area contributed by atoms with E-state index in [9.17, 15) is 0 Å². The summed E-state index contributed by atoms with van der Waals surface area (Å²) in [6.45, 7) is 0.796. The molecule has 4 aromatic heterocycles. The van der Waals surface area contributed by atoms with Crippen molar-refractivity contribution >= 4 is 50.7 Å². The first-order chi connectivity index (χ1) is 34.6. The summed E-state index contributed by atoms with van der Waals surface area (Å²) in [4.78, 5) is 20.1. The zero-order valence-corrected chi connectivity index (χ0v) is 37.8. The van der Waals surface area contributed by atoms with E-state index in [1.54, 1.807) is 0 Å². The first-order valence-electron chi connectivity index (χ1n) is 24.2. The largest absolute Gasteiger partial charge is 0.380 e. The summed E-state index contributed by atoms with van der Waals surface area (Å²) in [5, 5.41) is 6.61. The fraction of sp³-hybridized carbons (Fsp3) is 0.0462. The molecular formula is C65H40N4O. The second-order valence-electron chi connectivity index (χ2n) is 19.3. The summed E-state index contributed by atoms with van der Waals surface area (Å²) in [5.41, 5.74) is 24.7. The molecule has 1 aliphatic heterocycles. The van der Waals surface area contributed by atoms with Crippen LogP contribution >= 0.6 is 0 Å². The highest BCUT2D eigenvalue weighted by molar-refractivity contribution is 6.07. The van der Waals surface area contributed by atoms with Gasteiger partial charge in [0.1, 0.15) is 0 Å². The number of allylic oxidation sites excluding steroid dienone is 5. The number of dihydropyridines is 1. The van der Waals surface area contributed by atoms with Crippen LogP contribution in [0.5, 0.6) is 0 Å². The van der Waals surface area contributed by atoms with Gasteiger partial charge in [0.15, 0.2) is 0 Å². The van der Waals surface area contributed by atoms with Crippen LogP contribution in [0.2, 0.25) is 0 Å². The third-order valence-electron chi connectivity index (χ3n) is 16.0. The van der Waals surface area contributed by atoms with Crippen molar-refractivity contribution in [1.82, 2.24) is 19.1 Å². The van der Waals surface area contributed by atoms with E-state index in [2.05, 4.69) is 218 Å². The van der Waals surface area contributed by atoms with E-state index in [0.29, 0.717) is 0 Å². The van der Waals surface area contributed by atoms with Crippen LogP contribution < -0.4 is 16.2 Å². The molecule has 1 N–H and O–H groups in total. The molecule has 0 amide bonds. The summed E-state index contributed by atoms with van der Waals surface area (Å²) >= 11 is 0. The second kappa shape index (κ2) is 13.8. The van der Waals surface area contributed by atoms with Gasteiger partial charge in [-0.05, 0) is 121 Å². The number of hydrogen-bond acceptors (Lipinski definition) is 3. The van der Waals surface area contributed by atoms with Crippen LogP contribution in [0.15, 0.2) is 211 Å². The normalized spacial score (nSPS) is 16.1. The Hall–Kier alpha value is -9.06. The van der Waals surface area contributed by atoms with Crippen molar-refractivity contribution in [3.63, 3.8) is 0 Å². The minimum atomic E-state index is -0.493. The van der Waals surface area contributed by atoms with Gasteiger partial charge in [0.25, 0.3) is 0 Å². The van der Waals surface area contributed by atoms with Crippen molar-refractivity contribution < 1.29 is 0 Å². The van der Waals surface area contributed by atoms with Gasteiger partial charge in [0, 0.05) is 51.3 Å². The van der Waals surface area contributed by atoms with Gasteiger partial charge < -0.3 is 5.32 Å². The highest BCUT2D eigenvalue weighted by atomic mass is 16.1. The van der Waals surface area contributed by atoms with Crippen molar-refractivity contribution in [3.8, 4) is 55.6 Å². The quantitative estimate of drug-likeness (QED) is 0.191. The number of benzene rings is 7. The maximum Gasteiger partial charge on any atom is 0.338 e. The number of pyridine rings is 1. The number of aromatic nitrogens is 3. The molecule has 70 heavy (non-hydrogen) atoms. The van der Waals surface area contributed by atoms with Gasteiger partial charge in [-0.3, -0.25) is 13.8 Å². The molecule has 5 aliphatic rings. The lowest BCUT2D eigenvalue weighted by molar-refractivity contribution is 0.794. The van der Waals surface area contributed by atoms with E-state index >= 15 is 4.79 Å². The predicted molar refractivity (Wildman–Crippen MR) is 286 cm³/mol. The molecule has 4 aliphatic carbocycles. The molecular weight excluding hydrogens is 853 g/mol. The van der Waals surface area contributed by atoms with Gasteiger partial charge in [0.2, 0.25) is 0 Å². The summed E-state index contributed by atoms with van der Waals surface area (Å²) in [6.07, 6.45) is 19.4. The van der Waals surface area contributed by atoms with Crippen LogP contribution in [0.1, 0.15) is 45.0 Å². The van der Waals surface area contributed by atoms with Crippen LogP contribution in [-0.2, 0) is 5.41 Å². The van der Waals surface area contributed by atoms with Crippen molar-refractivity contribution in [2.75, 3.05) is 6.54 Å². The first kappa shape index (κ1) is 38.0. The smallest absolute Gasteiger partial charge is 0.338 e. The predicted octanol–water partition coefficient (Wildman–Crippen LogP) is 13.3. The lowest BCUT2D eigenvalue weighted by Gasteiger charge is -2.31. The Morgan fingerprint density at radius 1 is 0.529 bits per heavy atom. The van der Waals surface area contributed by atoms with Crippen molar-refractivity contribution in [3.05, 3.63) is 261 Å². The third kappa shape index (κ3) is 4.85. The molecule has 7 aromatic carbocycles. The minimum Gasteiger partial charge on any atom is -0.380 e. The van der Waals surface area contributed by atoms with E-state index in [4.69, 9.17) is 4.98 Å². The molecule has 11 aromatic rings. The molecule has 1 atom stereocenters. The zero-order chi connectivity index (χ0) is 45.8. The Labute approximate surface area is 402 Å². The number of hydrogen-bond donors (Lipinski definition) is 1. The van der Waals surface area contributed by atoms with E-state index in [1.165, 1.54) is 61.2 Å². The van der Waals surface area contributed by atoms with Gasteiger partial charge in [-0.25, -0.2) is 4.79 Å². The second-order valence-corrected chi connectivity index (χ2v) is 19.3. The average molecular weight is 893 g/mol. The molecule has 0 bridgehead atoms. The Morgan fingerprint density at radius 3 is 1.86 bits per heavy atom. The fourth-order valence-corrected chi connectivity index (χ4v) is 13.0. The summed E-state index contributed by atoms with van der Waals surface area (Å²) in [7, 11) is 0. The molecule has 1 unspecified atom stereocenters. The number of nitrogens with zero attached hydrogens (tertiary/aromatic N) is 3. The Balaban J connectivity index is 0.880. The Morgan fingerprint density at radius 2 is 1.14 bits per heavy atom. The van der Waals surface area contributed by atoms with Crippen molar-refractivity contribution in [1.29, 1.82) is 0 Å². The lowest BCUT2D eigenvalue weighted by Crippen LogP contribution is -2.26. The van der Waals surface area contributed by atoms with Gasteiger partial charge in [-0.1, -0.05) is 164 Å². The Bertz CT molecular complexity index is 4380.